The molecule has 0 amide bonds. The fraction of sp³-hybridized carbons (Fsp3) is 0.176. The molecule has 3 rings (SSSR count). The Kier molecular flexibility index (Phi) is 3.11. The van der Waals surface area contributed by atoms with Crippen LogP contribution in [0.15, 0.2) is 49.1 Å². The normalized spacial score (nSPS) is 10.9. The fourth-order valence-electron chi connectivity index (χ4n) is 2.42. The van der Waals surface area contributed by atoms with Gasteiger partial charge in [-0.25, -0.2) is 4.98 Å². The van der Waals surface area contributed by atoms with Crippen LogP contribution in [-0.4, -0.2) is 15.3 Å². The van der Waals surface area contributed by atoms with E-state index in [1.807, 2.05) is 12.1 Å². The molecular formula is C17H16N2O. The number of fused-ring (bicyclic) bond motifs is 1. The zero-order chi connectivity index (χ0) is 14.1. The van der Waals surface area contributed by atoms with Gasteiger partial charge >= 0.3 is 0 Å². The summed E-state index contributed by atoms with van der Waals surface area (Å²) >= 11 is 0. The van der Waals surface area contributed by atoms with Crippen LogP contribution in [0.25, 0.3) is 10.8 Å². The second-order valence-corrected chi connectivity index (χ2v) is 5.12. The van der Waals surface area contributed by atoms with Gasteiger partial charge in [0.15, 0.2) is 5.78 Å². The molecule has 1 heterocycles. The Balaban J connectivity index is 2.07. The molecule has 1 aromatic heterocycles. The maximum Gasteiger partial charge on any atom is 0.183 e. The third-order valence-corrected chi connectivity index (χ3v) is 3.68. The van der Waals surface area contributed by atoms with Crippen LogP contribution in [0, 0.1) is 13.8 Å². The van der Waals surface area contributed by atoms with Crippen molar-refractivity contribution >= 4 is 16.6 Å². The number of benzene rings is 2. The number of aryl methyl sites for hydroxylation is 2. The average Bonchev–Trinajstić information content (AvgIpc) is 2.92. The number of imidazole rings is 1. The molecule has 0 saturated heterocycles. The van der Waals surface area contributed by atoms with Crippen molar-refractivity contribution in [2.24, 2.45) is 0 Å². The maximum absolute atomic E-state index is 12.5. The van der Waals surface area contributed by atoms with E-state index >= 15 is 0 Å². The molecule has 0 saturated carbocycles. The van der Waals surface area contributed by atoms with Gasteiger partial charge in [-0.2, -0.15) is 0 Å². The zero-order valence-corrected chi connectivity index (χ0v) is 11.6. The van der Waals surface area contributed by atoms with Crippen molar-refractivity contribution in [3.63, 3.8) is 0 Å². The predicted molar refractivity (Wildman–Crippen MR) is 80.0 cm³/mol. The molecule has 0 aliphatic rings. The first-order chi connectivity index (χ1) is 9.65. The second-order valence-electron chi connectivity index (χ2n) is 5.12. The summed E-state index contributed by atoms with van der Waals surface area (Å²) < 4.78 is 1.79. The predicted octanol–water partition coefficient (Wildman–Crippen LogP) is 3.54. The minimum absolute atomic E-state index is 0.108. The van der Waals surface area contributed by atoms with Gasteiger partial charge in [0.2, 0.25) is 0 Å². The highest BCUT2D eigenvalue weighted by Gasteiger charge is 2.11. The number of carbonyl (C=O) groups is 1. The fourth-order valence-corrected chi connectivity index (χ4v) is 2.42. The highest BCUT2D eigenvalue weighted by atomic mass is 16.1. The van der Waals surface area contributed by atoms with Gasteiger partial charge in [-0.3, -0.25) is 4.79 Å². The van der Waals surface area contributed by atoms with Crippen molar-refractivity contribution < 1.29 is 4.79 Å². The van der Waals surface area contributed by atoms with Gasteiger partial charge in [-0.05, 0) is 35.7 Å². The monoisotopic (exact) mass is 264 g/mol. The van der Waals surface area contributed by atoms with Crippen molar-refractivity contribution in [2.75, 3.05) is 0 Å². The number of ketones is 1. The molecule has 0 aliphatic carbocycles. The van der Waals surface area contributed by atoms with Crippen molar-refractivity contribution in [1.29, 1.82) is 0 Å². The van der Waals surface area contributed by atoms with Crippen LogP contribution < -0.4 is 0 Å². The lowest BCUT2D eigenvalue weighted by Crippen LogP contribution is -2.09. The molecule has 0 bridgehead atoms. The minimum atomic E-state index is 0.108. The van der Waals surface area contributed by atoms with Crippen molar-refractivity contribution in [3.05, 3.63) is 65.7 Å². The number of Topliss-reactive ketones (excluding diaryl/α,β-unsaturated/α-hetero) is 1. The van der Waals surface area contributed by atoms with Gasteiger partial charge in [0.1, 0.15) is 0 Å². The number of aromatic nitrogens is 2. The summed E-state index contributed by atoms with van der Waals surface area (Å²) in [7, 11) is 0. The van der Waals surface area contributed by atoms with Gasteiger partial charge in [0.25, 0.3) is 0 Å². The average molecular weight is 264 g/mol. The van der Waals surface area contributed by atoms with E-state index in [0.29, 0.717) is 6.54 Å². The number of hydrogen-bond donors (Lipinski definition) is 0. The quantitative estimate of drug-likeness (QED) is 0.678. The van der Waals surface area contributed by atoms with E-state index in [2.05, 4.69) is 37.0 Å². The summed E-state index contributed by atoms with van der Waals surface area (Å²) in [4.78, 5) is 16.4. The SMILES string of the molecule is Cc1cc2cccc(C(=O)Cn3ccnc3)c2cc1C. The standard InChI is InChI=1S/C17H16N2O/c1-12-8-14-4-3-5-15(16(14)9-13(12)2)17(20)10-19-7-6-18-11-19/h3-9,11H,10H2,1-2H3. The van der Waals surface area contributed by atoms with Crippen LogP contribution in [0.5, 0.6) is 0 Å². The van der Waals surface area contributed by atoms with E-state index in [4.69, 9.17) is 0 Å². The number of hydrogen-bond acceptors (Lipinski definition) is 2. The number of rotatable bonds is 3. The molecule has 2 aromatic carbocycles. The van der Waals surface area contributed by atoms with Crippen LogP contribution in [0.1, 0.15) is 21.5 Å². The van der Waals surface area contributed by atoms with Crippen molar-refractivity contribution in [3.8, 4) is 0 Å². The van der Waals surface area contributed by atoms with Gasteiger partial charge in [-0.15, -0.1) is 0 Å². The van der Waals surface area contributed by atoms with Crippen LogP contribution in [0.4, 0.5) is 0 Å². The smallest absolute Gasteiger partial charge is 0.183 e. The molecule has 20 heavy (non-hydrogen) atoms. The van der Waals surface area contributed by atoms with E-state index in [0.717, 1.165) is 16.3 Å². The van der Waals surface area contributed by atoms with E-state index in [1.54, 1.807) is 23.3 Å². The molecule has 3 nitrogen and oxygen atoms in total. The first kappa shape index (κ1) is 12.6. The largest absolute Gasteiger partial charge is 0.330 e. The second kappa shape index (κ2) is 4.93. The Labute approximate surface area is 117 Å². The molecule has 3 aromatic rings. The Bertz CT molecular complexity index is 773. The Morgan fingerprint density at radius 2 is 2.00 bits per heavy atom. The molecule has 0 aliphatic heterocycles. The maximum atomic E-state index is 12.5. The molecular weight excluding hydrogens is 248 g/mol. The van der Waals surface area contributed by atoms with E-state index in [9.17, 15) is 4.79 Å². The van der Waals surface area contributed by atoms with Gasteiger partial charge in [-0.1, -0.05) is 30.3 Å². The van der Waals surface area contributed by atoms with Crippen LogP contribution >= 0.6 is 0 Å². The zero-order valence-electron chi connectivity index (χ0n) is 11.6. The molecule has 0 spiro atoms. The number of carbonyl (C=O) groups excluding carboxylic acids is 1. The van der Waals surface area contributed by atoms with Crippen LogP contribution in [0.3, 0.4) is 0 Å². The summed E-state index contributed by atoms with van der Waals surface area (Å²) in [5.74, 6) is 0.108. The highest BCUT2D eigenvalue weighted by Crippen LogP contribution is 2.23. The topological polar surface area (TPSA) is 34.9 Å². The highest BCUT2D eigenvalue weighted by molar-refractivity contribution is 6.08. The van der Waals surface area contributed by atoms with E-state index < -0.39 is 0 Å². The minimum Gasteiger partial charge on any atom is -0.330 e. The van der Waals surface area contributed by atoms with E-state index in [1.165, 1.54) is 11.1 Å². The summed E-state index contributed by atoms with van der Waals surface area (Å²) in [5, 5.41) is 2.14. The lowest BCUT2D eigenvalue weighted by atomic mass is 9.97. The van der Waals surface area contributed by atoms with Crippen LogP contribution in [0.2, 0.25) is 0 Å². The molecule has 0 atom stereocenters. The third-order valence-electron chi connectivity index (χ3n) is 3.68. The van der Waals surface area contributed by atoms with E-state index in [-0.39, 0.29) is 5.78 Å². The Morgan fingerprint density at radius 1 is 1.20 bits per heavy atom. The molecule has 3 heteroatoms. The summed E-state index contributed by atoms with van der Waals surface area (Å²) in [6.45, 7) is 4.49. The molecule has 0 fully saturated rings. The summed E-state index contributed by atoms with van der Waals surface area (Å²) in [6, 6.07) is 10.1. The van der Waals surface area contributed by atoms with Crippen molar-refractivity contribution in [2.45, 2.75) is 20.4 Å². The lowest BCUT2D eigenvalue weighted by molar-refractivity contribution is 0.0973. The molecule has 0 unspecified atom stereocenters. The van der Waals surface area contributed by atoms with Gasteiger partial charge in [0.05, 0.1) is 12.9 Å². The molecule has 0 radical (unpaired) electrons. The molecule has 100 valence electrons. The van der Waals surface area contributed by atoms with Crippen LogP contribution in [-0.2, 0) is 6.54 Å². The third kappa shape index (κ3) is 2.23. The summed E-state index contributed by atoms with van der Waals surface area (Å²) in [6.07, 6.45) is 5.15. The Hall–Kier alpha value is -2.42. The number of nitrogens with zero attached hydrogens (tertiary/aromatic N) is 2. The van der Waals surface area contributed by atoms with Crippen molar-refractivity contribution in [1.82, 2.24) is 9.55 Å². The molecule has 0 N–H and O–H groups in total. The summed E-state index contributed by atoms with van der Waals surface area (Å²) in [5.41, 5.74) is 3.23. The first-order valence-corrected chi connectivity index (χ1v) is 6.64. The Morgan fingerprint density at radius 3 is 2.75 bits per heavy atom. The first-order valence-electron chi connectivity index (χ1n) is 6.64. The van der Waals surface area contributed by atoms with Gasteiger partial charge < -0.3 is 4.57 Å². The van der Waals surface area contributed by atoms with Gasteiger partial charge in [0, 0.05) is 18.0 Å². The lowest BCUT2D eigenvalue weighted by Gasteiger charge is -2.09.